The lowest BCUT2D eigenvalue weighted by Gasteiger charge is -2.39. The number of sulfonamides is 1. The van der Waals surface area contributed by atoms with Crippen molar-refractivity contribution in [3.8, 4) is 0 Å². The van der Waals surface area contributed by atoms with Crippen LogP contribution in [0.2, 0.25) is 0 Å². The molecule has 0 unspecified atom stereocenters. The zero-order chi connectivity index (χ0) is 19.1. The van der Waals surface area contributed by atoms with E-state index in [0.29, 0.717) is 49.6 Å². The van der Waals surface area contributed by atoms with Gasteiger partial charge < -0.3 is 0 Å². The van der Waals surface area contributed by atoms with Gasteiger partial charge in [0.15, 0.2) is 0 Å². The molecule has 1 spiro atoms. The summed E-state index contributed by atoms with van der Waals surface area (Å²) in [5, 5.41) is 3.86. The molecule has 0 bridgehead atoms. The largest absolute Gasteiger partial charge is 0.280 e. The molecular weight excluding hydrogens is 372 g/mol. The monoisotopic (exact) mass is 401 g/mol. The van der Waals surface area contributed by atoms with E-state index >= 15 is 0 Å². The molecule has 2 aliphatic carbocycles. The summed E-state index contributed by atoms with van der Waals surface area (Å²) in [6.45, 7) is -0.0879. The Kier molecular flexibility index (Phi) is 4.97. The maximum Gasteiger partial charge on any atom is 0.235 e. The molecule has 2 saturated carbocycles. The van der Waals surface area contributed by atoms with Crippen molar-refractivity contribution in [1.82, 2.24) is 9.78 Å². The molecule has 0 aromatic carbocycles. The Labute approximate surface area is 160 Å². The predicted molar refractivity (Wildman–Crippen MR) is 101 cm³/mol. The van der Waals surface area contributed by atoms with Crippen molar-refractivity contribution < 1.29 is 17.2 Å². The Hall–Kier alpha value is -1.18. The smallest absolute Gasteiger partial charge is 0.235 e. The van der Waals surface area contributed by atoms with E-state index in [4.69, 9.17) is 0 Å². The summed E-state index contributed by atoms with van der Waals surface area (Å²) in [5.41, 5.74) is 1.62. The number of fused-ring (bicyclic) bond motifs is 1. The van der Waals surface area contributed by atoms with E-state index in [1.54, 1.807) is 6.20 Å². The Bertz CT molecular complexity index is 773. The van der Waals surface area contributed by atoms with Gasteiger partial charge in [-0.25, -0.2) is 8.42 Å². The Morgan fingerprint density at radius 2 is 1.78 bits per heavy atom. The number of hydrogen-bond acceptors (Lipinski definition) is 3. The molecule has 5 nitrogen and oxygen atoms in total. The van der Waals surface area contributed by atoms with Crippen LogP contribution in [0.3, 0.4) is 0 Å². The van der Waals surface area contributed by atoms with Crippen LogP contribution in [0.1, 0.15) is 63.5 Å². The summed E-state index contributed by atoms with van der Waals surface area (Å²) in [5.74, 6) is 0. The van der Waals surface area contributed by atoms with Gasteiger partial charge in [-0.2, -0.15) is 5.10 Å². The van der Waals surface area contributed by atoms with Gasteiger partial charge in [-0.15, -0.1) is 0 Å². The molecule has 0 atom stereocenters. The predicted octanol–water partition coefficient (Wildman–Crippen LogP) is 4.00. The van der Waals surface area contributed by atoms with Gasteiger partial charge in [-0.1, -0.05) is 0 Å². The first kappa shape index (κ1) is 19.2. The van der Waals surface area contributed by atoms with Gasteiger partial charge in [0.25, 0.3) is 0 Å². The topological polar surface area (TPSA) is 64.0 Å². The first-order valence-electron chi connectivity index (χ1n) is 10.1. The van der Waals surface area contributed by atoms with Crippen LogP contribution in [0.25, 0.3) is 0 Å². The Morgan fingerprint density at radius 1 is 1.11 bits per heavy atom. The van der Waals surface area contributed by atoms with Gasteiger partial charge >= 0.3 is 0 Å². The van der Waals surface area contributed by atoms with Gasteiger partial charge in [-0.05, 0) is 75.0 Å². The van der Waals surface area contributed by atoms with Gasteiger partial charge in [0.1, 0.15) is 0 Å². The number of rotatable bonds is 7. The van der Waals surface area contributed by atoms with E-state index in [1.807, 2.05) is 4.68 Å². The molecule has 3 aliphatic rings. The van der Waals surface area contributed by atoms with E-state index in [0.717, 1.165) is 25.1 Å². The maximum absolute atomic E-state index is 12.9. The lowest BCUT2D eigenvalue weighted by Crippen LogP contribution is -2.37. The van der Waals surface area contributed by atoms with Crippen LogP contribution in [0.4, 0.5) is 14.5 Å². The molecule has 0 saturated heterocycles. The van der Waals surface area contributed by atoms with E-state index < -0.39 is 28.6 Å². The highest BCUT2D eigenvalue weighted by Crippen LogP contribution is 2.54. The highest BCUT2D eigenvalue weighted by Gasteiger charge is 2.46. The molecule has 27 heavy (non-hydrogen) atoms. The van der Waals surface area contributed by atoms with Crippen molar-refractivity contribution in [3.05, 3.63) is 11.9 Å². The molecule has 152 valence electrons. The number of nitrogens with one attached hydrogen (secondary N) is 1. The minimum atomic E-state index is -3.53. The molecule has 4 rings (SSSR count). The van der Waals surface area contributed by atoms with Gasteiger partial charge in [0.2, 0.25) is 10.0 Å². The average Bonchev–Trinajstić information content (AvgIpc) is 3.28. The summed E-state index contributed by atoms with van der Waals surface area (Å²) < 4.78 is 56.4. The highest BCUT2D eigenvalue weighted by atomic mass is 32.2. The van der Waals surface area contributed by atoms with Gasteiger partial charge in [0.05, 0.1) is 36.2 Å². The van der Waals surface area contributed by atoms with Crippen molar-refractivity contribution in [2.45, 2.75) is 76.0 Å². The third-order valence-electron chi connectivity index (χ3n) is 7.24. The second-order valence-corrected chi connectivity index (χ2v) is 10.8. The summed E-state index contributed by atoms with van der Waals surface area (Å²) in [7, 11) is -3.53. The molecule has 2 fully saturated rings. The maximum atomic E-state index is 12.9. The standard InChI is InChI=1S/C19H29F2N3O2S/c20-10-7-18(8-11-21)3-1-15(2-4-18)27(25,26)23-16-14-22-24-12-9-19(5-6-19)13-17(16)24/h14-15,23H,1-13H2. The Morgan fingerprint density at radius 3 is 2.37 bits per heavy atom. The summed E-state index contributed by atoms with van der Waals surface area (Å²) >= 11 is 0. The van der Waals surface area contributed by atoms with Crippen LogP contribution in [-0.4, -0.2) is 36.8 Å². The van der Waals surface area contributed by atoms with E-state index in [-0.39, 0.29) is 5.41 Å². The number of hydrogen-bond donors (Lipinski definition) is 1. The van der Waals surface area contributed by atoms with Crippen LogP contribution in [0.5, 0.6) is 0 Å². The zero-order valence-electron chi connectivity index (χ0n) is 15.7. The summed E-state index contributed by atoms with van der Waals surface area (Å²) in [6, 6.07) is 0. The minimum absolute atomic E-state index is 0.329. The number of halogens is 2. The summed E-state index contributed by atoms with van der Waals surface area (Å²) in [6.07, 6.45) is 8.82. The molecule has 0 radical (unpaired) electrons. The van der Waals surface area contributed by atoms with E-state index in [9.17, 15) is 17.2 Å². The van der Waals surface area contributed by atoms with Gasteiger partial charge in [0, 0.05) is 6.54 Å². The minimum Gasteiger partial charge on any atom is -0.280 e. The first-order chi connectivity index (χ1) is 12.9. The number of aromatic nitrogens is 2. The van der Waals surface area contributed by atoms with E-state index in [2.05, 4.69) is 9.82 Å². The third-order valence-corrected chi connectivity index (χ3v) is 9.09. The summed E-state index contributed by atoms with van der Waals surface area (Å²) in [4.78, 5) is 0. The fourth-order valence-electron chi connectivity index (χ4n) is 5.04. The van der Waals surface area contributed by atoms with Gasteiger partial charge in [-0.3, -0.25) is 18.2 Å². The average molecular weight is 402 g/mol. The molecule has 1 aliphatic heterocycles. The molecule has 8 heteroatoms. The molecule has 0 amide bonds. The molecule has 2 heterocycles. The number of aryl methyl sites for hydroxylation is 1. The third kappa shape index (κ3) is 3.74. The second-order valence-electron chi connectivity index (χ2n) is 8.88. The van der Waals surface area contributed by atoms with Crippen LogP contribution in [0.15, 0.2) is 6.20 Å². The van der Waals surface area contributed by atoms with Crippen molar-refractivity contribution in [2.24, 2.45) is 10.8 Å². The fraction of sp³-hybridized carbons (Fsp3) is 0.842. The van der Waals surface area contributed by atoms with Crippen LogP contribution >= 0.6 is 0 Å². The lowest BCUT2D eigenvalue weighted by molar-refractivity contribution is 0.131. The lowest BCUT2D eigenvalue weighted by atomic mass is 9.70. The van der Waals surface area contributed by atoms with Crippen LogP contribution in [0, 0.1) is 10.8 Å². The quantitative estimate of drug-likeness (QED) is 0.751. The van der Waals surface area contributed by atoms with Crippen LogP contribution in [-0.2, 0) is 23.0 Å². The highest BCUT2D eigenvalue weighted by molar-refractivity contribution is 7.93. The van der Waals surface area contributed by atoms with Crippen LogP contribution < -0.4 is 4.72 Å². The molecule has 1 aromatic rings. The fourth-order valence-corrected chi connectivity index (χ4v) is 6.54. The second kappa shape index (κ2) is 7.01. The van der Waals surface area contributed by atoms with Crippen molar-refractivity contribution >= 4 is 15.7 Å². The van der Waals surface area contributed by atoms with Crippen molar-refractivity contribution in [2.75, 3.05) is 18.1 Å². The zero-order valence-corrected chi connectivity index (χ0v) is 16.5. The van der Waals surface area contributed by atoms with Crippen molar-refractivity contribution in [1.29, 1.82) is 0 Å². The number of anilines is 1. The number of alkyl halides is 2. The SMILES string of the molecule is O=S(=O)(Nc1cnn2c1CC1(CC2)CC1)C1CCC(CCF)(CCF)CC1. The first-order valence-corrected chi connectivity index (χ1v) is 11.6. The Balaban J connectivity index is 1.44. The van der Waals surface area contributed by atoms with Crippen molar-refractivity contribution in [3.63, 3.8) is 0 Å². The number of nitrogens with zero attached hydrogens (tertiary/aromatic N) is 2. The normalized spacial score (nSPS) is 23.9. The van der Waals surface area contributed by atoms with E-state index in [1.165, 1.54) is 12.8 Å². The molecular formula is C19H29F2N3O2S. The molecule has 1 N–H and O–H groups in total. The molecule has 1 aromatic heterocycles.